The molecule has 0 saturated heterocycles. The highest BCUT2D eigenvalue weighted by molar-refractivity contribution is 5.66. The van der Waals surface area contributed by atoms with Gasteiger partial charge in [-0.05, 0) is 37.7 Å². The fraction of sp³-hybridized carbons (Fsp3) is 0.720. The van der Waals surface area contributed by atoms with E-state index in [1.807, 2.05) is 6.07 Å². The molecule has 1 aromatic carbocycles. The monoisotopic (exact) mass is 406 g/mol. The highest BCUT2D eigenvalue weighted by Gasteiger charge is 2.09. The zero-order valence-electron chi connectivity index (χ0n) is 18.2. The number of rotatable bonds is 20. The molecule has 166 valence electrons. The molecule has 0 saturated carbocycles. The second-order valence-corrected chi connectivity index (χ2v) is 8.11. The summed E-state index contributed by atoms with van der Waals surface area (Å²) in [7, 11) is 0. The van der Waals surface area contributed by atoms with E-state index >= 15 is 0 Å². The standard InChI is InChI=1S/C25H42O4/c26-21-15-14-19-24(29-22-23-16-10-9-11-17-23)18-12-7-5-3-1-2-4-6-8-13-20-25(27)28/h9-11,16-17,24,26H,1-8,12-15,18-22H2,(H,27,28). The van der Waals surface area contributed by atoms with Crippen LogP contribution in [0.3, 0.4) is 0 Å². The molecule has 1 unspecified atom stereocenters. The van der Waals surface area contributed by atoms with Gasteiger partial charge in [0.2, 0.25) is 0 Å². The molecule has 0 aromatic heterocycles. The SMILES string of the molecule is O=C(O)CCCCCCCCCCCCC(CCCCO)OCc1ccccc1. The summed E-state index contributed by atoms with van der Waals surface area (Å²) in [6, 6.07) is 10.3. The molecule has 0 bridgehead atoms. The summed E-state index contributed by atoms with van der Waals surface area (Å²) >= 11 is 0. The zero-order chi connectivity index (χ0) is 21.0. The Morgan fingerprint density at radius 2 is 1.28 bits per heavy atom. The number of aliphatic carboxylic acids is 1. The van der Waals surface area contributed by atoms with Gasteiger partial charge >= 0.3 is 5.97 Å². The van der Waals surface area contributed by atoms with Crippen molar-refractivity contribution in [3.63, 3.8) is 0 Å². The number of carboxylic acids is 1. The molecular formula is C25H42O4. The van der Waals surface area contributed by atoms with Crippen LogP contribution in [0.4, 0.5) is 0 Å². The normalized spacial score (nSPS) is 12.2. The number of hydrogen-bond donors (Lipinski definition) is 2. The lowest BCUT2D eigenvalue weighted by atomic mass is 10.0. The summed E-state index contributed by atoms with van der Waals surface area (Å²) in [6.07, 6.45) is 16.6. The number of aliphatic hydroxyl groups excluding tert-OH is 1. The summed E-state index contributed by atoms with van der Waals surface area (Å²) in [4.78, 5) is 10.5. The fourth-order valence-corrected chi connectivity index (χ4v) is 3.65. The Labute approximate surface area is 177 Å². The van der Waals surface area contributed by atoms with E-state index in [0.717, 1.165) is 38.5 Å². The highest BCUT2D eigenvalue weighted by atomic mass is 16.5. The maximum atomic E-state index is 10.5. The molecular weight excluding hydrogens is 364 g/mol. The van der Waals surface area contributed by atoms with Crippen molar-refractivity contribution in [3.8, 4) is 0 Å². The van der Waals surface area contributed by atoms with Crippen molar-refractivity contribution >= 4 is 5.97 Å². The number of hydrogen-bond acceptors (Lipinski definition) is 3. The number of aliphatic hydroxyl groups is 1. The lowest BCUT2D eigenvalue weighted by molar-refractivity contribution is -0.137. The highest BCUT2D eigenvalue weighted by Crippen LogP contribution is 2.17. The first-order chi connectivity index (χ1) is 14.2. The van der Waals surface area contributed by atoms with E-state index in [-0.39, 0.29) is 6.61 Å². The maximum Gasteiger partial charge on any atom is 0.303 e. The molecule has 0 spiro atoms. The van der Waals surface area contributed by atoms with E-state index in [1.165, 1.54) is 56.9 Å². The van der Waals surface area contributed by atoms with Gasteiger partial charge in [0.25, 0.3) is 0 Å². The van der Waals surface area contributed by atoms with Crippen LogP contribution >= 0.6 is 0 Å². The molecule has 0 aliphatic heterocycles. The van der Waals surface area contributed by atoms with E-state index in [9.17, 15) is 4.79 Å². The van der Waals surface area contributed by atoms with Gasteiger partial charge in [0.1, 0.15) is 0 Å². The molecule has 1 atom stereocenters. The van der Waals surface area contributed by atoms with Gasteiger partial charge in [-0.3, -0.25) is 4.79 Å². The van der Waals surface area contributed by atoms with Gasteiger partial charge in [-0.2, -0.15) is 0 Å². The van der Waals surface area contributed by atoms with Gasteiger partial charge in [-0.25, -0.2) is 0 Å². The lowest BCUT2D eigenvalue weighted by Gasteiger charge is -2.18. The van der Waals surface area contributed by atoms with E-state index in [1.54, 1.807) is 0 Å². The van der Waals surface area contributed by atoms with E-state index < -0.39 is 5.97 Å². The Balaban J connectivity index is 2.03. The average Bonchev–Trinajstić information content (AvgIpc) is 2.73. The van der Waals surface area contributed by atoms with Crippen molar-refractivity contribution in [2.75, 3.05) is 6.61 Å². The van der Waals surface area contributed by atoms with Crippen LogP contribution in [0.15, 0.2) is 30.3 Å². The van der Waals surface area contributed by atoms with Crippen molar-refractivity contribution in [1.82, 2.24) is 0 Å². The van der Waals surface area contributed by atoms with Crippen LogP contribution in [-0.4, -0.2) is 28.9 Å². The number of carbonyl (C=O) groups is 1. The minimum atomic E-state index is -0.675. The van der Waals surface area contributed by atoms with Crippen LogP contribution in [0, 0.1) is 0 Å². The molecule has 0 fully saturated rings. The minimum absolute atomic E-state index is 0.269. The van der Waals surface area contributed by atoms with Crippen LogP contribution in [0.25, 0.3) is 0 Å². The molecule has 2 N–H and O–H groups in total. The van der Waals surface area contributed by atoms with Crippen LogP contribution in [0.2, 0.25) is 0 Å². The lowest BCUT2D eigenvalue weighted by Crippen LogP contribution is -2.13. The second-order valence-electron chi connectivity index (χ2n) is 8.11. The number of benzene rings is 1. The molecule has 1 rings (SSSR count). The van der Waals surface area contributed by atoms with Crippen molar-refractivity contribution < 1.29 is 19.7 Å². The Morgan fingerprint density at radius 1 is 0.759 bits per heavy atom. The van der Waals surface area contributed by atoms with Crippen LogP contribution in [0.1, 0.15) is 102 Å². The second kappa shape index (κ2) is 18.6. The van der Waals surface area contributed by atoms with Gasteiger partial charge in [0, 0.05) is 13.0 Å². The van der Waals surface area contributed by atoms with Crippen molar-refractivity contribution in [1.29, 1.82) is 0 Å². The summed E-state index contributed by atoms with van der Waals surface area (Å²) in [6.45, 7) is 0.946. The van der Waals surface area contributed by atoms with Crippen molar-refractivity contribution in [2.45, 2.75) is 109 Å². The van der Waals surface area contributed by atoms with Gasteiger partial charge in [0.05, 0.1) is 12.7 Å². The van der Waals surface area contributed by atoms with Crippen LogP contribution in [0.5, 0.6) is 0 Å². The van der Waals surface area contributed by atoms with E-state index in [0.29, 0.717) is 19.1 Å². The molecule has 4 heteroatoms. The number of ether oxygens (including phenoxy) is 1. The topological polar surface area (TPSA) is 66.8 Å². The molecule has 29 heavy (non-hydrogen) atoms. The molecule has 0 aliphatic rings. The van der Waals surface area contributed by atoms with Crippen molar-refractivity contribution in [3.05, 3.63) is 35.9 Å². The first-order valence-corrected chi connectivity index (χ1v) is 11.7. The molecule has 0 heterocycles. The Morgan fingerprint density at radius 3 is 1.83 bits per heavy atom. The largest absolute Gasteiger partial charge is 0.481 e. The third-order valence-corrected chi connectivity index (χ3v) is 5.43. The Bertz CT molecular complexity index is 489. The Hall–Kier alpha value is -1.39. The van der Waals surface area contributed by atoms with Crippen LogP contribution in [-0.2, 0) is 16.1 Å². The number of unbranched alkanes of at least 4 members (excludes halogenated alkanes) is 10. The summed E-state index contributed by atoms with van der Waals surface area (Å²) < 4.78 is 6.16. The molecule has 0 radical (unpaired) electrons. The van der Waals surface area contributed by atoms with Crippen LogP contribution < -0.4 is 0 Å². The predicted molar refractivity (Wildman–Crippen MR) is 119 cm³/mol. The van der Waals surface area contributed by atoms with E-state index in [2.05, 4.69) is 24.3 Å². The molecule has 0 amide bonds. The maximum absolute atomic E-state index is 10.5. The Kier molecular flexibility index (Phi) is 16.5. The molecule has 1 aromatic rings. The smallest absolute Gasteiger partial charge is 0.303 e. The summed E-state index contributed by atoms with van der Waals surface area (Å²) in [5, 5.41) is 17.6. The summed E-state index contributed by atoms with van der Waals surface area (Å²) in [5.41, 5.74) is 1.22. The quantitative estimate of drug-likeness (QED) is 0.243. The number of carboxylic acid groups (broad SMARTS) is 1. The van der Waals surface area contributed by atoms with Crippen molar-refractivity contribution in [2.24, 2.45) is 0 Å². The predicted octanol–water partition coefficient (Wildman–Crippen LogP) is 6.50. The zero-order valence-corrected chi connectivity index (χ0v) is 18.2. The first kappa shape index (κ1) is 25.6. The van der Waals surface area contributed by atoms with Gasteiger partial charge in [-0.1, -0.05) is 88.1 Å². The van der Waals surface area contributed by atoms with Gasteiger partial charge in [-0.15, -0.1) is 0 Å². The van der Waals surface area contributed by atoms with E-state index in [4.69, 9.17) is 14.9 Å². The fourth-order valence-electron chi connectivity index (χ4n) is 3.65. The minimum Gasteiger partial charge on any atom is -0.481 e. The first-order valence-electron chi connectivity index (χ1n) is 11.7. The molecule has 4 nitrogen and oxygen atoms in total. The third kappa shape index (κ3) is 16.1. The molecule has 0 aliphatic carbocycles. The summed E-state index contributed by atoms with van der Waals surface area (Å²) in [5.74, 6) is -0.675. The van der Waals surface area contributed by atoms with Gasteiger partial charge < -0.3 is 14.9 Å². The average molecular weight is 407 g/mol. The van der Waals surface area contributed by atoms with Gasteiger partial charge in [0.15, 0.2) is 0 Å². The third-order valence-electron chi connectivity index (χ3n) is 5.43.